The van der Waals surface area contributed by atoms with Crippen molar-refractivity contribution in [2.24, 2.45) is 0 Å². The number of hydrogen-bond acceptors (Lipinski definition) is 6. The van der Waals surface area contributed by atoms with Gasteiger partial charge in [0.15, 0.2) is 0 Å². The Morgan fingerprint density at radius 2 is 1.82 bits per heavy atom. The molecule has 1 amide bonds. The van der Waals surface area contributed by atoms with E-state index in [1.54, 1.807) is 36.4 Å². The number of thiophene rings is 1. The van der Waals surface area contributed by atoms with Gasteiger partial charge in [0.2, 0.25) is 5.91 Å². The number of benzene rings is 2. The van der Waals surface area contributed by atoms with Crippen LogP contribution in [-0.4, -0.2) is 28.1 Å². The van der Waals surface area contributed by atoms with Gasteiger partial charge in [0, 0.05) is 15.6 Å². The Labute approximate surface area is 196 Å². The molecule has 33 heavy (non-hydrogen) atoms. The van der Waals surface area contributed by atoms with Gasteiger partial charge in [-0.3, -0.25) is 14.2 Å². The molecule has 0 radical (unpaired) electrons. The molecule has 0 aliphatic carbocycles. The summed E-state index contributed by atoms with van der Waals surface area (Å²) in [6.45, 7) is 1.51. The lowest BCUT2D eigenvalue weighted by Crippen LogP contribution is -2.40. The highest BCUT2D eigenvalue weighted by atomic mass is 35.5. The van der Waals surface area contributed by atoms with Crippen LogP contribution in [0.1, 0.15) is 15.2 Å². The van der Waals surface area contributed by atoms with Crippen molar-refractivity contribution in [3.63, 3.8) is 0 Å². The molecule has 0 unspecified atom stereocenters. The van der Waals surface area contributed by atoms with Crippen LogP contribution in [0.2, 0.25) is 5.02 Å². The number of ether oxygens (including phenoxy) is 1. The number of esters is 1. The third-order valence-corrected chi connectivity index (χ3v) is 6.20. The van der Waals surface area contributed by atoms with Crippen LogP contribution in [0.3, 0.4) is 0 Å². The lowest BCUT2D eigenvalue weighted by molar-refractivity contribution is -0.116. The Bertz CT molecular complexity index is 1500. The maximum atomic E-state index is 13.3. The number of carbonyl (C=O) groups excluding carboxylic acids is 2. The molecule has 2 aromatic carbocycles. The SMILES string of the molecule is COC(=O)c1ccc(NC(=O)Cn2c(=O)n(-c3cccc(Cl)c3)c(=O)c3cc(C)sc32)cc1. The van der Waals surface area contributed by atoms with Gasteiger partial charge >= 0.3 is 11.7 Å². The molecular weight excluding hydrogens is 466 g/mol. The monoisotopic (exact) mass is 483 g/mol. The van der Waals surface area contributed by atoms with E-state index in [1.165, 1.54) is 41.2 Å². The van der Waals surface area contributed by atoms with Crippen LogP contribution in [0.4, 0.5) is 5.69 Å². The molecule has 0 fully saturated rings. The fourth-order valence-corrected chi connectivity index (χ4v) is 4.58. The van der Waals surface area contributed by atoms with Crippen molar-refractivity contribution in [1.82, 2.24) is 9.13 Å². The van der Waals surface area contributed by atoms with Crippen molar-refractivity contribution in [3.05, 3.63) is 90.9 Å². The molecule has 8 nitrogen and oxygen atoms in total. The summed E-state index contributed by atoms with van der Waals surface area (Å²) in [5.41, 5.74) is -0.0150. The number of methoxy groups -OCH3 is 1. The molecule has 0 aliphatic heterocycles. The predicted octanol–water partition coefficient (Wildman–Crippen LogP) is 3.60. The van der Waals surface area contributed by atoms with Gasteiger partial charge in [-0.25, -0.2) is 14.2 Å². The Morgan fingerprint density at radius 3 is 2.48 bits per heavy atom. The molecule has 0 atom stereocenters. The van der Waals surface area contributed by atoms with Crippen LogP contribution in [0.15, 0.2) is 64.2 Å². The van der Waals surface area contributed by atoms with Crippen LogP contribution in [0, 0.1) is 6.92 Å². The lowest BCUT2D eigenvalue weighted by Gasteiger charge is -2.12. The Balaban J connectivity index is 1.73. The van der Waals surface area contributed by atoms with Crippen molar-refractivity contribution in [1.29, 1.82) is 0 Å². The first-order chi connectivity index (χ1) is 15.8. The number of anilines is 1. The topological polar surface area (TPSA) is 99.4 Å². The summed E-state index contributed by atoms with van der Waals surface area (Å²) in [5.74, 6) is -0.954. The average molecular weight is 484 g/mol. The molecule has 0 saturated heterocycles. The number of aryl methyl sites for hydroxylation is 1. The molecule has 4 aromatic rings. The largest absolute Gasteiger partial charge is 0.465 e. The first kappa shape index (κ1) is 22.5. The van der Waals surface area contributed by atoms with E-state index < -0.39 is 23.1 Å². The van der Waals surface area contributed by atoms with E-state index in [0.29, 0.717) is 32.2 Å². The Morgan fingerprint density at radius 1 is 1.09 bits per heavy atom. The second-order valence-electron chi connectivity index (χ2n) is 7.18. The third-order valence-electron chi connectivity index (χ3n) is 4.89. The number of hydrogen-bond donors (Lipinski definition) is 1. The summed E-state index contributed by atoms with van der Waals surface area (Å²) >= 11 is 7.32. The van der Waals surface area contributed by atoms with Gasteiger partial charge < -0.3 is 10.1 Å². The highest BCUT2D eigenvalue weighted by molar-refractivity contribution is 7.18. The summed E-state index contributed by atoms with van der Waals surface area (Å²) in [5, 5.41) is 3.42. The van der Waals surface area contributed by atoms with Crippen molar-refractivity contribution in [2.75, 3.05) is 12.4 Å². The van der Waals surface area contributed by atoms with E-state index in [1.807, 2.05) is 6.92 Å². The van der Waals surface area contributed by atoms with Crippen LogP contribution in [0.25, 0.3) is 15.9 Å². The molecule has 1 N–H and O–H groups in total. The number of carbonyl (C=O) groups is 2. The fourth-order valence-electron chi connectivity index (χ4n) is 3.40. The maximum Gasteiger partial charge on any atom is 0.337 e. The van der Waals surface area contributed by atoms with Gasteiger partial charge in [-0.1, -0.05) is 17.7 Å². The molecule has 2 heterocycles. The van der Waals surface area contributed by atoms with Gasteiger partial charge in [0.1, 0.15) is 11.4 Å². The van der Waals surface area contributed by atoms with Crippen LogP contribution >= 0.6 is 22.9 Å². The minimum atomic E-state index is -0.646. The molecule has 2 aromatic heterocycles. The van der Waals surface area contributed by atoms with Crippen molar-refractivity contribution in [2.45, 2.75) is 13.5 Å². The zero-order chi connectivity index (χ0) is 23.7. The quantitative estimate of drug-likeness (QED) is 0.437. The number of aromatic nitrogens is 2. The molecular formula is C23H18ClN3O5S. The molecule has 0 spiro atoms. The average Bonchev–Trinajstić information content (AvgIpc) is 3.18. The standard InChI is InChI=1S/C23H18ClN3O5S/c1-13-10-18-20(29)27(17-5-3-4-15(24)11-17)23(31)26(21(18)33-13)12-19(28)25-16-8-6-14(7-9-16)22(30)32-2/h3-11H,12H2,1-2H3,(H,25,28). The van der Waals surface area contributed by atoms with E-state index in [2.05, 4.69) is 10.1 Å². The number of rotatable bonds is 5. The minimum absolute atomic E-state index is 0.311. The Hall–Kier alpha value is -3.69. The van der Waals surface area contributed by atoms with Crippen molar-refractivity contribution >= 4 is 50.7 Å². The highest BCUT2D eigenvalue weighted by Crippen LogP contribution is 2.22. The summed E-state index contributed by atoms with van der Waals surface area (Å²) in [4.78, 5) is 52.0. The smallest absolute Gasteiger partial charge is 0.337 e. The van der Waals surface area contributed by atoms with E-state index >= 15 is 0 Å². The van der Waals surface area contributed by atoms with E-state index in [0.717, 1.165) is 9.44 Å². The lowest BCUT2D eigenvalue weighted by atomic mass is 10.2. The molecule has 0 aliphatic rings. The number of fused-ring (bicyclic) bond motifs is 1. The van der Waals surface area contributed by atoms with Crippen molar-refractivity contribution < 1.29 is 14.3 Å². The van der Waals surface area contributed by atoms with Crippen molar-refractivity contribution in [3.8, 4) is 5.69 Å². The minimum Gasteiger partial charge on any atom is -0.465 e. The number of nitrogens with one attached hydrogen (secondary N) is 1. The molecule has 0 saturated carbocycles. The summed E-state index contributed by atoms with van der Waals surface area (Å²) in [6.07, 6.45) is 0. The fraction of sp³-hybridized carbons (Fsp3) is 0.130. The third kappa shape index (κ3) is 4.46. The second kappa shape index (κ2) is 9.05. The first-order valence-electron chi connectivity index (χ1n) is 9.78. The molecule has 4 rings (SSSR count). The van der Waals surface area contributed by atoms with Crippen LogP contribution < -0.4 is 16.6 Å². The first-order valence-corrected chi connectivity index (χ1v) is 11.0. The Kier molecular flexibility index (Phi) is 6.17. The zero-order valence-electron chi connectivity index (χ0n) is 17.6. The van der Waals surface area contributed by atoms with E-state index in [-0.39, 0.29) is 6.54 Å². The number of amides is 1. The summed E-state index contributed by atoms with van der Waals surface area (Å²) in [7, 11) is 1.28. The van der Waals surface area contributed by atoms with Crippen LogP contribution in [-0.2, 0) is 16.1 Å². The van der Waals surface area contributed by atoms with Crippen LogP contribution in [0.5, 0.6) is 0 Å². The van der Waals surface area contributed by atoms with Gasteiger partial charge in [0.25, 0.3) is 5.56 Å². The molecule has 10 heteroatoms. The van der Waals surface area contributed by atoms with E-state index in [4.69, 9.17) is 11.6 Å². The zero-order valence-corrected chi connectivity index (χ0v) is 19.2. The normalized spacial score (nSPS) is 10.9. The molecule has 0 bridgehead atoms. The predicted molar refractivity (Wildman–Crippen MR) is 128 cm³/mol. The van der Waals surface area contributed by atoms with Gasteiger partial charge in [-0.2, -0.15) is 0 Å². The summed E-state index contributed by atoms with van der Waals surface area (Å²) in [6, 6.07) is 14.3. The van der Waals surface area contributed by atoms with Gasteiger partial charge in [-0.15, -0.1) is 11.3 Å². The molecule has 168 valence electrons. The summed E-state index contributed by atoms with van der Waals surface area (Å²) < 4.78 is 6.94. The maximum absolute atomic E-state index is 13.3. The van der Waals surface area contributed by atoms with E-state index in [9.17, 15) is 19.2 Å². The number of nitrogens with zero attached hydrogens (tertiary/aromatic N) is 2. The van der Waals surface area contributed by atoms with Gasteiger partial charge in [-0.05, 0) is 55.5 Å². The number of halogens is 1. The second-order valence-corrected chi connectivity index (χ2v) is 8.85. The highest BCUT2D eigenvalue weighted by Gasteiger charge is 2.19. The van der Waals surface area contributed by atoms with Gasteiger partial charge in [0.05, 0.1) is 23.7 Å².